The third kappa shape index (κ3) is 2.96. The summed E-state index contributed by atoms with van der Waals surface area (Å²) in [5, 5.41) is 12.5. The molecule has 2 heteroatoms. The smallest absolute Gasteiger partial charge is 0.0436 e. The largest absolute Gasteiger partial charge is 0.396 e. The van der Waals surface area contributed by atoms with Gasteiger partial charge in [-0.15, -0.1) is 0 Å². The van der Waals surface area contributed by atoms with Gasteiger partial charge in [-0.3, -0.25) is 0 Å². The molecule has 0 aromatic carbocycles. The molecular formula is C11H23NO. The molecule has 2 N–H and O–H groups in total. The maximum absolute atomic E-state index is 8.96. The summed E-state index contributed by atoms with van der Waals surface area (Å²) >= 11 is 0. The monoisotopic (exact) mass is 185 g/mol. The van der Waals surface area contributed by atoms with Crippen molar-refractivity contribution >= 4 is 0 Å². The number of nitrogens with one attached hydrogen (secondary N) is 1. The Morgan fingerprint density at radius 3 is 2.54 bits per heavy atom. The lowest BCUT2D eigenvalue weighted by molar-refractivity contribution is 0.0832. The van der Waals surface area contributed by atoms with E-state index < -0.39 is 0 Å². The average molecular weight is 185 g/mol. The van der Waals surface area contributed by atoms with E-state index in [1.54, 1.807) is 0 Å². The molecule has 78 valence electrons. The summed E-state index contributed by atoms with van der Waals surface area (Å²) in [6.45, 7) is 5.88. The lowest BCUT2D eigenvalue weighted by atomic mass is 9.66. The number of rotatable bonds is 6. The predicted molar refractivity (Wildman–Crippen MR) is 55.7 cm³/mol. The molecule has 1 saturated carbocycles. The lowest BCUT2D eigenvalue weighted by Gasteiger charge is -2.42. The molecule has 1 aliphatic carbocycles. The first-order valence-corrected chi connectivity index (χ1v) is 5.57. The van der Waals surface area contributed by atoms with E-state index in [-0.39, 0.29) is 0 Å². The zero-order chi connectivity index (χ0) is 9.73. The Morgan fingerprint density at radius 2 is 2.15 bits per heavy atom. The summed E-state index contributed by atoms with van der Waals surface area (Å²) in [7, 11) is 0. The first-order chi connectivity index (χ1) is 6.22. The zero-order valence-electron chi connectivity index (χ0n) is 8.97. The van der Waals surface area contributed by atoms with Gasteiger partial charge in [-0.2, -0.15) is 0 Å². The molecule has 2 nitrogen and oxygen atoms in total. The molecule has 13 heavy (non-hydrogen) atoms. The summed E-state index contributed by atoms with van der Waals surface area (Å²) in [4.78, 5) is 0. The maximum atomic E-state index is 8.96. The minimum Gasteiger partial charge on any atom is -0.396 e. The Hall–Kier alpha value is -0.0800. The number of hydrogen-bond acceptors (Lipinski definition) is 2. The van der Waals surface area contributed by atoms with Crippen LogP contribution in [0.2, 0.25) is 0 Å². The van der Waals surface area contributed by atoms with Gasteiger partial charge in [0.15, 0.2) is 0 Å². The fourth-order valence-electron chi connectivity index (χ4n) is 1.96. The van der Waals surface area contributed by atoms with Crippen LogP contribution in [0.4, 0.5) is 0 Å². The fourth-order valence-corrected chi connectivity index (χ4v) is 1.96. The van der Waals surface area contributed by atoms with Crippen molar-refractivity contribution in [1.29, 1.82) is 0 Å². The molecule has 1 rings (SSSR count). The van der Waals surface area contributed by atoms with Crippen LogP contribution in [0.15, 0.2) is 0 Å². The SMILES string of the molecule is CCC(C)NCC1(CCO)CCC1. The summed E-state index contributed by atoms with van der Waals surface area (Å²) in [5.74, 6) is 0. The second-order valence-corrected chi connectivity index (χ2v) is 4.52. The van der Waals surface area contributed by atoms with Crippen LogP contribution in [0, 0.1) is 5.41 Å². The Balaban J connectivity index is 2.23. The topological polar surface area (TPSA) is 32.3 Å². The van der Waals surface area contributed by atoms with Crippen LogP contribution < -0.4 is 5.32 Å². The van der Waals surface area contributed by atoms with Crippen LogP contribution in [0.1, 0.15) is 46.0 Å². The van der Waals surface area contributed by atoms with Gasteiger partial charge in [0.1, 0.15) is 0 Å². The molecule has 0 radical (unpaired) electrons. The Morgan fingerprint density at radius 1 is 1.46 bits per heavy atom. The van der Waals surface area contributed by atoms with Crippen molar-refractivity contribution in [2.75, 3.05) is 13.2 Å². The van der Waals surface area contributed by atoms with Gasteiger partial charge in [-0.05, 0) is 38.0 Å². The third-order valence-electron chi connectivity index (χ3n) is 3.49. The zero-order valence-corrected chi connectivity index (χ0v) is 8.97. The van der Waals surface area contributed by atoms with E-state index >= 15 is 0 Å². The van der Waals surface area contributed by atoms with Gasteiger partial charge in [0.2, 0.25) is 0 Å². The average Bonchev–Trinajstić information content (AvgIpc) is 2.09. The quantitative estimate of drug-likeness (QED) is 0.662. The van der Waals surface area contributed by atoms with Gasteiger partial charge in [-0.25, -0.2) is 0 Å². The third-order valence-corrected chi connectivity index (χ3v) is 3.49. The van der Waals surface area contributed by atoms with E-state index in [0.29, 0.717) is 18.1 Å². The van der Waals surface area contributed by atoms with Crippen LogP contribution in [0.5, 0.6) is 0 Å². The summed E-state index contributed by atoms with van der Waals surface area (Å²) in [6.07, 6.45) is 6.13. The number of aliphatic hydroxyl groups is 1. The van der Waals surface area contributed by atoms with E-state index in [1.165, 1.54) is 25.7 Å². The molecule has 0 heterocycles. The van der Waals surface area contributed by atoms with Gasteiger partial charge in [0, 0.05) is 19.2 Å². The van der Waals surface area contributed by atoms with E-state index in [4.69, 9.17) is 5.11 Å². The number of aliphatic hydroxyl groups excluding tert-OH is 1. The van der Waals surface area contributed by atoms with E-state index in [2.05, 4.69) is 19.2 Å². The summed E-state index contributed by atoms with van der Waals surface area (Å²) < 4.78 is 0. The van der Waals surface area contributed by atoms with Crippen molar-refractivity contribution in [3.05, 3.63) is 0 Å². The van der Waals surface area contributed by atoms with Crippen molar-refractivity contribution < 1.29 is 5.11 Å². The minimum absolute atomic E-state index is 0.349. The van der Waals surface area contributed by atoms with Gasteiger partial charge >= 0.3 is 0 Å². The predicted octanol–water partition coefficient (Wildman–Crippen LogP) is 1.93. The normalized spacial score (nSPS) is 22.4. The molecule has 0 aromatic heterocycles. The Labute approximate surface area is 81.7 Å². The van der Waals surface area contributed by atoms with Crippen LogP contribution in [-0.4, -0.2) is 24.3 Å². The highest BCUT2D eigenvalue weighted by Gasteiger charge is 2.35. The Kier molecular flexibility index (Phi) is 4.20. The van der Waals surface area contributed by atoms with Gasteiger partial charge in [-0.1, -0.05) is 13.3 Å². The van der Waals surface area contributed by atoms with Crippen molar-refractivity contribution in [2.45, 2.75) is 52.0 Å². The first-order valence-electron chi connectivity index (χ1n) is 5.57. The van der Waals surface area contributed by atoms with Gasteiger partial charge in [0.05, 0.1) is 0 Å². The molecule has 0 saturated heterocycles. The standard InChI is InChI=1S/C11H23NO/c1-3-10(2)12-9-11(7-8-13)5-4-6-11/h10,12-13H,3-9H2,1-2H3. The fraction of sp³-hybridized carbons (Fsp3) is 1.00. The highest BCUT2D eigenvalue weighted by molar-refractivity contribution is 4.89. The molecule has 1 unspecified atom stereocenters. The molecule has 0 aliphatic heterocycles. The van der Waals surface area contributed by atoms with Crippen molar-refractivity contribution in [3.8, 4) is 0 Å². The van der Waals surface area contributed by atoms with Crippen molar-refractivity contribution in [2.24, 2.45) is 5.41 Å². The molecule has 0 amide bonds. The lowest BCUT2D eigenvalue weighted by Crippen LogP contribution is -2.43. The van der Waals surface area contributed by atoms with Crippen LogP contribution in [-0.2, 0) is 0 Å². The molecule has 0 spiro atoms. The van der Waals surface area contributed by atoms with Gasteiger partial charge < -0.3 is 10.4 Å². The summed E-state index contributed by atoms with van der Waals surface area (Å²) in [5.41, 5.74) is 0.443. The van der Waals surface area contributed by atoms with E-state index in [1.807, 2.05) is 0 Å². The second kappa shape index (κ2) is 4.97. The minimum atomic E-state index is 0.349. The van der Waals surface area contributed by atoms with Crippen LogP contribution >= 0.6 is 0 Å². The highest BCUT2D eigenvalue weighted by atomic mass is 16.3. The molecular weight excluding hydrogens is 162 g/mol. The summed E-state index contributed by atoms with van der Waals surface area (Å²) in [6, 6.07) is 0.621. The molecule has 0 bridgehead atoms. The van der Waals surface area contributed by atoms with Crippen molar-refractivity contribution in [1.82, 2.24) is 5.32 Å². The number of hydrogen-bond donors (Lipinski definition) is 2. The Bertz CT molecular complexity index is 143. The maximum Gasteiger partial charge on any atom is 0.0436 e. The van der Waals surface area contributed by atoms with Crippen LogP contribution in [0.3, 0.4) is 0 Å². The molecule has 1 atom stereocenters. The molecule has 0 aromatic rings. The second-order valence-electron chi connectivity index (χ2n) is 4.52. The molecule has 1 aliphatic rings. The molecule has 1 fully saturated rings. The van der Waals surface area contributed by atoms with Crippen molar-refractivity contribution in [3.63, 3.8) is 0 Å². The van der Waals surface area contributed by atoms with Crippen LogP contribution in [0.25, 0.3) is 0 Å². The van der Waals surface area contributed by atoms with E-state index in [0.717, 1.165) is 13.0 Å². The van der Waals surface area contributed by atoms with Gasteiger partial charge in [0.25, 0.3) is 0 Å². The van der Waals surface area contributed by atoms with E-state index in [9.17, 15) is 0 Å². The first kappa shape index (κ1) is 11.0. The highest BCUT2D eigenvalue weighted by Crippen LogP contribution is 2.43.